The number of amides is 1. The summed E-state index contributed by atoms with van der Waals surface area (Å²) in [6.07, 6.45) is 11.4. The third-order valence-electron chi connectivity index (χ3n) is 4.51. The molecule has 1 N–H and O–H groups in total. The van der Waals surface area contributed by atoms with Crippen LogP contribution in [0.25, 0.3) is 0 Å². The summed E-state index contributed by atoms with van der Waals surface area (Å²) in [7, 11) is 0. The molecule has 1 amide bonds. The van der Waals surface area contributed by atoms with Crippen LogP contribution in [0.4, 0.5) is 0 Å². The summed E-state index contributed by atoms with van der Waals surface area (Å²) in [5.74, 6) is 0.246. The molecule has 0 aromatic heterocycles. The molecule has 0 aromatic carbocycles. The summed E-state index contributed by atoms with van der Waals surface area (Å²) in [5, 5.41) is 3.25. The highest BCUT2D eigenvalue weighted by molar-refractivity contribution is 5.78. The molecule has 3 heteroatoms. The SMILES string of the molecule is CC1CCCCN1CC(=O)NC1CCCCCC1. The second kappa shape index (κ2) is 7.13. The Hall–Kier alpha value is -0.570. The predicted molar refractivity (Wildman–Crippen MR) is 74.5 cm³/mol. The minimum atomic E-state index is 0.246. The summed E-state index contributed by atoms with van der Waals surface area (Å²) in [4.78, 5) is 14.4. The zero-order valence-corrected chi connectivity index (χ0v) is 11.8. The zero-order valence-electron chi connectivity index (χ0n) is 11.8. The Labute approximate surface area is 111 Å². The lowest BCUT2D eigenvalue weighted by Crippen LogP contribution is -2.46. The van der Waals surface area contributed by atoms with Gasteiger partial charge in [-0.25, -0.2) is 0 Å². The van der Waals surface area contributed by atoms with Crippen LogP contribution in [0, 0.1) is 0 Å². The Morgan fingerprint density at radius 1 is 1.06 bits per heavy atom. The van der Waals surface area contributed by atoms with E-state index in [9.17, 15) is 4.79 Å². The molecule has 1 saturated heterocycles. The van der Waals surface area contributed by atoms with Gasteiger partial charge < -0.3 is 5.32 Å². The molecule has 0 radical (unpaired) electrons. The van der Waals surface area contributed by atoms with Gasteiger partial charge in [0.05, 0.1) is 6.54 Å². The summed E-state index contributed by atoms with van der Waals surface area (Å²) in [5.41, 5.74) is 0. The van der Waals surface area contributed by atoms with Crippen LogP contribution >= 0.6 is 0 Å². The minimum Gasteiger partial charge on any atom is -0.352 e. The van der Waals surface area contributed by atoms with Crippen molar-refractivity contribution in [2.75, 3.05) is 13.1 Å². The van der Waals surface area contributed by atoms with Crippen LogP contribution in [0.15, 0.2) is 0 Å². The van der Waals surface area contributed by atoms with E-state index in [1.54, 1.807) is 0 Å². The topological polar surface area (TPSA) is 32.3 Å². The molecule has 0 spiro atoms. The fraction of sp³-hybridized carbons (Fsp3) is 0.933. The zero-order chi connectivity index (χ0) is 12.8. The van der Waals surface area contributed by atoms with Gasteiger partial charge in [-0.2, -0.15) is 0 Å². The lowest BCUT2D eigenvalue weighted by molar-refractivity contribution is -0.123. The van der Waals surface area contributed by atoms with E-state index in [4.69, 9.17) is 0 Å². The Morgan fingerprint density at radius 2 is 1.72 bits per heavy atom. The summed E-state index contributed by atoms with van der Waals surface area (Å²) in [6.45, 7) is 3.95. The van der Waals surface area contributed by atoms with Gasteiger partial charge in [-0.1, -0.05) is 32.1 Å². The number of piperidine rings is 1. The first kappa shape index (κ1) is 13.9. The van der Waals surface area contributed by atoms with E-state index in [1.165, 1.54) is 57.8 Å². The molecule has 104 valence electrons. The van der Waals surface area contributed by atoms with Crippen molar-refractivity contribution in [1.82, 2.24) is 10.2 Å². The van der Waals surface area contributed by atoms with Crippen LogP contribution < -0.4 is 5.32 Å². The third-order valence-corrected chi connectivity index (χ3v) is 4.51. The van der Waals surface area contributed by atoms with Crippen LogP contribution in [-0.2, 0) is 4.79 Å². The number of likely N-dealkylation sites (tertiary alicyclic amines) is 1. The lowest BCUT2D eigenvalue weighted by Gasteiger charge is -2.33. The van der Waals surface area contributed by atoms with Gasteiger partial charge in [0.1, 0.15) is 0 Å². The van der Waals surface area contributed by atoms with Crippen molar-refractivity contribution >= 4 is 5.91 Å². The molecule has 1 saturated carbocycles. The molecule has 18 heavy (non-hydrogen) atoms. The van der Waals surface area contributed by atoms with E-state index in [1.807, 2.05) is 0 Å². The van der Waals surface area contributed by atoms with Crippen LogP contribution in [0.1, 0.15) is 64.7 Å². The first-order chi connectivity index (χ1) is 8.75. The number of hydrogen-bond donors (Lipinski definition) is 1. The van der Waals surface area contributed by atoms with Gasteiger partial charge in [-0.3, -0.25) is 9.69 Å². The summed E-state index contributed by atoms with van der Waals surface area (Å²) >= 11 is 0. The maximum absolute atomic E-state index is 12.1. The predicted octanol–water partition coefficient (Wildman–Crippen LogP) is 2.70. The van der Waals surface area contributed by atoms with Crippen molar-refractivity contribution in [2.45, 2.75) is 76.8 Å². The van der Waals surface area contributed by atoms with Gasteiger partial charge in [0.25, 0.3) is 0 Å². The van der Waals surface area contributed by atoms with E-state index in [-0.39, 0.29) is 5.91 Å². The third kappa shape index (κ3) is 4.27. The van der Waals surface area contributed by atoms with Gasteiger partial charge in [0, 0.05) is 12.1 Å². The maximum atomic E-state index is 12.1. The second-order valence-corrected chi connectivity index (χ2v) is 6.07. The minimum absolute atomic E-state index is 0.246. The molecular weight excluding hydrogens is 224 g/mol. The van der Waals surface area contributed by atoms with Gasteiger partial charge >= 0.3 is 0 Å². The van der Waals surface area contributed by atoms with Crippen LogP contribution in [0.2, 0.25) is 0 Å². The number of nitrogens with zero attached hydrogens (tertiary/aromatic N) is 1. The highest BCUT2D eigenvalue weighted by Crippen LogP contribution is 2.18. The van der Waals surface area contributed by atoms with Gasteiger partial charge in [0.2, 0.25) is 5.91 Å². The molecule has 1 unspecified atom stereocenters. The largest absolute Gasteiger partial charge is 0.352 e. The molecule has 2 aliphatic rings. The van der Waals surface area contributed by atoms with Crippen LogP contribution in [-0.4, -0.2) is 36.0 Å². The van der Waals surface area contributed by atoms with Crippen molar-refractivity contribution < 1.29 is 4.79 Å². The van der Waals surface area contributed by atoms with Gasteiger partial charge in [-0.15, -0.1) is 0 Å². The highest BCUT2D eigenvalue weighted by atomic mass is 16.2. The average molecular weight is 252 g/mol. The molecule has 0 aromatic rings. The molecule has 1 aliphatic heterocycles. The highest BCUT2D eigenvalue weighted by Gasteiger charge is 2.22. The molecule has 2 rings (SSSR count). The normalized spacial score (nSPS) is 27.7. The lowest BCUT2D eigenvalue weighted by atomic mass is 10.0. The van der Waals surface area contributed by atoms with Crippen molar-refractivity contribution in [2.24, 2.45) is 0 Å². The number of hydrogen-bond acceptors (Lipinski definition) is 2. The summed E-state index contributed by atoms with van der Waals surface area (Å²) < 4.78 is 0. The molecule has 3 nitrogen and oxygen atoms in total. The van der Waals surface area contributed by atoms with E-state index in [0.717, 1.165) is 6.54 Å². The molecule has 1 atom stereocenters. The fourth-order valence-corrected chi connectivity index (χ4v) is 3.27. The van der Waals surface area contributed by atoms with Crippen molar-refractivity contribution in [1.29, 1.82) is 0 Å². The number of carbonyl (C=O) groups excluding carboxylic acids is 1. The average Bonchev–Trinajstić information content (AvgIpc) is 2.61. The Balaban J connectivity index is 1.73. The van der Waals surface area contributed by atoms with E-state index < -0.39 is 0 Å². The van der Waals surface area contributed by atoms with Crippen LogP contribution in [0.3, 0.4) is 0 Å². The van der Waals surface area contributed by atoms with Crippen molar-refractivity contribution in [3.8, 4) is 0 Å². The monoisotopic (exact) mass is 252 g/mol. The molecule has 1 aliphatic carbocycles. The van der Waals surface area contributed by atoms with E-state index in [0.29, 0.717) is 18.6 Å². The number of rotatable bonds is 3. The smallest absolute Gasteiger partial charge is 0.234 e. The standard InChI is InChI=1S/C15H28N2O/c1-13-8-6-7-11-17(13)12-15(18)16-14-9-4-2-3-5-10-14/h13-14H,2-12H2,1H3,(H,16,18). The van der Waals surface area contributed by atoms with E-state index >= 15 is 0 Å². The Bertz CT molecular complexity index is 259. The molecular formula is C15H28N2O. The quantitative estimate of drug-likeness (QED) is 0.783. The Kier molecular flexibility index (Phi) is 5.48. The Morgan fingerprint density at radius 3 is 2.39 bits per heavy atom. The first-order valence-electron chi connectivity index (χ1n) is 7.79. The van der Waals surface area contributed by atoms with Crippen molar-refractivity contribution in [3.63, 3.8) is 0 Å². The van der Waals surface area contributed by atoms with Gasteiger partial charge in [0.15, 0.2) is 0 Å². The molecule has 1 heterocycles. The fourth-order valence-electron chi connectivity index (χ4n) is 3.27. The first-order valence-corrected chi connectivity index (χ1v) is 7.79. The van der Waals surface area contributed by atoms with Gasteiger partial charge in [-0.05, 0) is 39.2 Å². The van der Waals surface area contributed by atoms with Crippen molar-refractivity contribution in [3.05, 3.63) is 0 Å². The second-order valence-electron chi connectivity index (χ2n) is 6.07. The summed E-state index contributed by atoms with van der Waals surface area (Å²) in [6, 6.07) is 1.03. The van der Waals surface area contributed by atoms with E-state index in [2.05, 4.69) is 17.1 Å². The maximum Gasteiger partial charge on any atom is 0.234 e. The number of carbonyl (C=O) groups is 1. The molecule has 0 bridgehead atoms. The number of nitrogens with one attached hydrogen (secondary N) is 1. The molecule has 2 fully saturated rings. The van der Waals surface area contributed by atoms with Crippen LogP contribution in [0.5, 0.6) is 0 Å².